The quantitative estimate of drug-likeness (QED) is 0.522. The second-order valence-electron chi connectivity index (χ2n) is 6.60. The number of furan rings is 1. The molecule has 3 aromatic rings. The maximum Gasteiger partial charge on any atom is 0.272 e. The number of anilines is 1. The molecule has 4 rings (SSSR count). The Morgan fingerprint density at radius 1 is 1.18 bits per heavy atom. The van der Waals surface area contributed by atoms with E-state index in [9.17, 15) is 14.9 Å². The summed E-state index contributed by atoms with van der Waals surface area (Å²) in [5.74, 6) is 0.484. The minimum atomic E-state index is -0.544. The number of nitrogens with zero attached hydrogens (tertiary/aromatic N) is 2. The van der Waals surface area contributed by atoms with Crippen LogP contribution < -0.4 is 5.32 Å². The van der Waals surface area contributed by atoms with Crippen LogP contribution in [-0.4, -0.2) is 15.7 Å². The average molecular weight is 377 g/mol. The maximum atomic E-state index is 13.2. The van der Waals surface area contributed by atoms with Crippen molar-refractivity contribution in [3.05, 3.63) is 93.4 Å². The van der Waals surface area contributed by atoms with Crippen molar-refractivity contribution in [1.82, 2.24) is 4.90 Å². The highest BCUT2D eigenvalue weighted by Gasteiger charge is 2.34. The van der Waals surface area contributed by atoms with Gasteiger partial charge in [0.1, 0.15) is 11.9 Å². The number of rotatable bonds is 5. The van der Waals surface area contributed by atoms with Crippen LogP contribution in [0.25, 0.3) is 0 Å². The van der Waals surface area contributed by atoms with E-state index in [1.54, 1.807) is 41.5 Å². The number of carbonyl (C=O) groups is 1. The first-order valence-corrected chi connectivity index (χ1v) is 9.04. The predicted molar refractivity (Wildman–Crippen MR) is 104 cm³/mol. The van der Waals surface area contributed by atoms with Gasteiger partial charge in [0.05, 0.1) is 23.3 Å². The summed E-state index contributed by atoms with van der Waals surface area (Å²) in [4.78, 5) is 25.9. The van der Waals surface area contributed by atoms with E-state index in [-0.39, 0.29) is 23.1 Å². The number of nitro benzene ring substituents is 1. The highest BCUT2D eigenvalue weighted by atomic mass is 16.6. The first kappa shape index (κ1) is 17.8. The molecular weight excluding hydrogens is 358 g/mol. The Hall–Kier alpha value is -3.61. The molecule has 1 N–H and O–H groups in total. The number of aryl methyl sites for hydroxylation is 1. The van der Waals surface area contributed by atoms with Gasteiger partial charge in [-0.05, 0) is 30.7 Å². The van der Waals surface area contributed by atoms with E-state index in [2.05, 4.69) is 5.32 Å². The lowest BCUT2D eigenvalue weighted by Gasteiger charge is -2.37. The third-order valence-corrected chi connectivity index (χ3v) is 4.93. The summed E-state index contributed by atoms with van der Waals surface area (Å²) in [5.41, 5.74) is 2.64. The van der Waals surface area contributed by atoms with Gasteiger partial charge < -0.3 is 14.6 Å². The number of nitrogens with one attached hydrogen (secondary N) is 1. The Balaban J connectivity index is 1.79. The fourth-order valence-electron chi connectivity index (χ4n) is 3.51. The van der Waals surface area contributed by atoms with Gasteiger partial charge in [0.15, 0.2) is 0 Å². The average Bonchev–Trinajstić information content (AvgIpc) is 3.22. The van der Waals surface area contributed by atoms with Gasteiger partial charge in [0, 0.05) is 22.9 Å². The molecule has 0 fully saturated rings. The second kappa shape index (κ2) is 7.19. The molecule has 1 atom stereocenters. The van der Waals surface area contributed by atoms with Crippen LogP contribution in [0, 0.1) is 10.1 Å². The molecule has 7 heteroatoms. The van der Waals surface area contributed by atoms with E-state index in [0.29, 0.717) is 34.6 Å². The van der Waals surface area contributed by atoms with Crippen molar-refractivity contribution in [2.75, 3.05) is 5.32 Å². The molecule has 0 bridgehead atoms. The predicted octanol–water partition coefficient (Wildman–Crippen LogP) is 4.52. The van der Waals surface area contributed by atoms with E-state index in [0.717, 1.165) is 0 Å². The van der Waals surface area contributed by atoms with Crippen LogP contribution in [0.2, 0.25) is 0 Å². The molecular formula is C21H19N3O4. The minimum absolute atomic E-state index is 0.0612. The molecule has 0 spiro atoms. The summed E-state index contributed by atoms with van der Waals surface area (Å²) in [7, 11) is 0. The maximum absolute atomic E-state index is 13.2. The first-order valence-electron chi connectivity index (χ1n) is 9.04. The summed E-state index contributed by atoms with van der Waals surface area (Å²) in [6, 6.07) is 16.0. The third-order valence-electron chi connectivity index (χ3n) is 4.93. The van der Waals surface area contributed by atoms with Crippen LogP contribution in [0.3, 0.4) is 0 Å². The molecule has 0 saturated carbocycles. The number of nitro groups is 1. The molecule has 2 heterocycles. The Kier molecular flexibility index (Phi) is 4.57. The summed E-state index contributed by atoms with van der Waals surface area (Å²) in [6.45, 7) is 2.13. The highest BCUT2D eigenvalue weighted by Crippen LogP contribution is 2.36. The van der Waals surface area contributed by atoms with Crippen molar-refractivity contribution in [2.45, 2.75) is 26.1 Å². The van der Waals surface area contributed by atoms with Crippen LogP contribution in [-0.2, 0) is 13.0 Å². The number of para-hydroxylation sites is 1. The van der Waals surface area contributed by atoms with E-state index < -0.39 is 6.17 Å². The van der Waals surface area contributed by atoms with Gasteiger partial charge >= 0.3 is 0 Å². The fourth-order valence-corrected chi connectivity index (χ4v) is 3.51. The Bertz CT molecular complexity index is 1030. The smallest absolute Gasteiger partial charge is 0.272 e. The lowest BCUT2D eigenvalue weighted by atomic mass is 10.0. The zero-order valence-electron chi connectivity index (χ0n) is 15.3. The van der Waals surface area contributed by atoms with Crippen LogP contribution in [0.1, 0.15) is 40.3 Å². The largest absolute Gasteiger partial charge is 0.467 e. The van der Waals surface area contributed by atoms with Crippen molar-refractivity contribution in [3.8, 4) is 0 Å². The summed E-state index contributed by atoms with van der Waals surface area (Å²) >= 11 is 0. The van der Waals surface area contributed by atoms with Crippen molar-refractivity contribution in [3.63, 3.8) is 0 Å². The molecule has 0 saturated heterocycles. The molecule has 0 aliphatic carbocycles. The zero-order valence-corrected chi connectivity index (χ0v) is 15.3. The van der Waals surface area contributed by atoms with Crippen molar-refractivity contribution in [1.29, 1.82) is 0 Å². The Labute approximate surface area is 161 Å². The lowest BCUT2D eigenvalue weighted by Crippen LogP contribution is -2.42. The standard InChI is InChI=1S/C21H19N3O4/c1-2-14-9-10-15(12-19(14)24(26)27)20-22-18-8-4-3-7-17(18)21(25)23(20)13-16-6-5-11-28-16/h3-12,20,22H,2,13H2,1H3/t20-/m0/s1. The van der Waals surface area contributed by atoms with E-state index in [4.69, 9.17) is 4.42 Å². The highest BCUT2D eigenvalue weighted by molar-refractivity contribution is 6.01. The number of benzene rings is 2. The molecule has 2 aromatic carbocycles. The minimum Gasteiger partial charge on any atom is -0.467 e. The van der Waals surface area contributed by atoms with Crippen LogP contribution in [0.5, 0.6) is 0 Å². The summed E-state index contributed by atoms with van der Waals surface area (Å²) in [5, 5.41) is 14.9. The first-order chi connectivity index (χ1) is 13.6. The van der Waals surface area contributed by atoms with Gasteiger partial charge in [0.25, 0.3) is 11.6 Å². The number of carbonyl (C=O) groups excluding carboxylic acids is 1. The number of hydrogen-bond acceptors (Lipinski definition) is 5. The van der Waals surface area contributed by atoms with Crippen molar-refractivity contribution >= 4 is 17.3 Å². The van der Waals surface area contributed by atoms with E-state index in [1.807, 2.05) is 31.2 Å². The van der Waals surface area contributed by atoms with Gasteiger partial charge in [-0.1, -0.05) is 31.2 Å². The SMILES string of the molecule is CCc1ccc([C@H]2Nc3ccccc3C(=O)N2Cc2ccco2)cc1[N+](=O)[O-]. The zero-order chi connectivity index (χ0) is 19.7. The summed E-state index contributed by atoms with van der Waals surface area (Å²) < 4.78 is 5.43. The van der Waals surface area contributed by atoms with Gasteiger partial charge in [-0.25, -0.2) is 0 Å². The molecule has 1 amide bonds. The van der Waals surface area contributed by atoms with Gasteiger partial charge in [0.2, 0.25) is 0 Å². The normalized spacial score (nSPS) is 15.8. The lowest BCUT2D eigenvalue weighted by molar-refractivity contribution is -0.385. The van der Waals surface area contributed by atoms with Crippen LogP contribution in [0.15, 0.2) is 65.3 Å². The van der Waals surface area contributed by atoms with Crippen molar-refractivity contribution in [2.24, 2.45) is 0 Å². The number of fused-ring (bicyclic) bond motifs is 1. The van der Waals surface area contributed by atoms with Crippen LogP contribution >= 0.6 is 0 Å². The number of hydrogen-bond donors (Lipinski definition) is 1. The molecule has 0 radical (unpaired) electrons. The molecule has 1 aliphatic heterocycles. The molecule has 0 unspecified atom stereocenters. The Morgan fingerprint density at radius 2 is 2.00 bits per heavy atom. The monoisotopic (exact) mass is 377 g/mol. The third kappa shape index (κ3) is 3.11. The number of amides is 1. The Morgan fingerprint density at radius 3 is 2.71 bits per heavy atom. The second-order valence-corrected chi connectivity index (χ2v) is 6.60. The topological polar surface area (TPSA) is 88.6 Å². The van der Waals surface area contributed by atoms with Gasteiger partial charge in [-0.3, -0.25) is 14.9 Å². The van der Waals surface area contributed by atoms with Crippen molar-refractivity contribution < 1.29 is 14.1 Å². The molecule has 28 heavy (non-hydrogen) atoms. The van der Waals surface area contributed by atoms with Gasteiger partial charge in [-0.2, -0.15) is 0 Å². The molecule has 7 nitrogen and oxygen atoms in total. The molecule has 142 valence electrons. The van der Waals surface area contributed by atoms with Gasteiger partial charge in [-0.15, -0.1) is 0 Å². The van der Waals surface area contributed by atoms with E-state index >= 15 is 0 Å². The van der Waals surface area contributed by atoms with E-state index in [1.165, 1.54) is 0 Å². The summed E-state index contributed by atoms with van der Waals surface area (Å²) in [6.07, 6.45) is 1.57. The molecule has 1 aromatic heterocycles. The van der Waals surface area contributed by atoms with Crippen LogP contribution in [0.4, 0.5) is 11.4 Å². The molecule has 1 aliphatic rings. The fraction of sp³-hybridized carbons (Fsp3) is 0.190.